The normalized spacial score (nSPS) is 13.9. The first kappa shape index (κ1) is 10.2. The fraction of sp³-hybridized carbons (Fsp3) is 0. The molecule has 0 aromatic carbocycles. The molecule has 0 saturated heterocycles. The van der Waals surface area contributed by atoms with Crippen molar-refractivity contribution < 1.29 is 26.1 Å². The molecule has 0 spiro atoms. The van der Waals surface area contributed by atoms with Gasteiger partial charge in [0, 0.05) is 6.20 Å². The molecule has 0 aliphatic rings. The van der Waals surface area contributed by atoms with Gasteiger partial charge in [0.2, 0.25) is 0 Å². The van der Waals surface area contributed by atoms with E-state index in [1.807, 2.05) is 0 Å². The highest BCUT2D eigenvalue weighted by Gasteiger charge is 2.16. The molecule has 1 N–H and O–H groups in total. The Kier molecular flexibility index (Phi) is 3.04. The maximum atomic E-state index is 10.7. The molecular formula is C3H5N2O6PS. The van der Waals surface area contributed by atoms with E-state index in [1.54, 1.807) is 0 Å². The summed E-state index contributed by atoms with van der Waals surface area (Å²) in [5.74, 6) is 0. The third-order valence-electron chi connectivity index (χ3n) is 0.831. The molecule has 1 rings (SSSR count). The lowest BCUT2D eigenvalue weighted by Crippen LogP contribution is -2.18. The molecule has 0 aliphatic heterocycles. The van der Waals surface area contributed by atoms with Crippen LogP contribution in [0.1, 0.15) is 0 Å². The van der Waals surface area contributed by atoms with Crippen molar-refractivity contribution in [2.24, 2.45) is 0 Å². The molecule has 13 heavy (non-hydrogen) atoms. The minimum Gasteiger partial charge on any atom is -0.326 e. The highest BCUT2D eigenvalue weighted by Crippen LogP contribution is 2.18. The van der Waals surface area contributed by atoms with Crippen LogP contribution in [0.3, 0.4) is 0 Å². The SMILES string of the molecule is O=[PH](O)OS(=O)(=O)On1ccnc1. The third kappa shape index (κ3) is 3.55. The summed E-state index contributed by atoms with van der Waals surface area (Å²) in [6, 6.07) is 0. The molecule has 0 fully saturated rings. The quantitative estimate of drug-likeness (QED) is 0.655. The van der Waals surface area contributed by atoms with Crippen LogP contribution in [0.4, 0.5) is 0 Å². The molecule has 1 unspecified atom stereocenters. The lowest BCUT2D eigenvalue weighted by atomic mass is 11.0. The van der Waals surface area contributed by atoms with Gasteiger partial charge in [-0.25, -0.2) is 4.98 Å². The van der Waals surface area contributed by atoms with Gasteiger partial charge in [0.25, 0.3) is 0 Å². The van der Waals surface area contributed by atoms with E-state index in [9.17, 15) is 13.0 Å². The van der Waals surface area contributed by atoms with E-state index < -0.39 is 18.7 Å². The molecule has 74 valence electrons. The summed E-state index contributed by atoms with van der Waals surface area (Å²) in [6.45, 7) is 0. The van der Waals surface area contributed by atoms with E-state index in [2.05, 4.69) is 13.2 Å². The van der Waals surface area contributed by atoms with Crippen molar-refractivity contribution in [3.63, 3.8) is 0 Å². The lowest BCUT2D eigenvalue weighted by molar-refractivity contribution is 0.240. The summed E-state index contributed by atoms with van der Waals surface area (Å²) in [7, 11) is -8.09. The van der Waals surface area contributed by atoms with Gasteiger partial charge < -0.3 is 4.89 Å². The van der Waals surface area contributed by atoms with Gasteiger partial charge in [0.1, 0.15) is 6.33 Å². The topological polar surface area (TPSA) is 108 Å². The third-order valence-corrected chi connectivity index (χ3v) is 2.57. The van der Waals surface area contributed by atoms with Gasteiger partial charge in [0.05, 0.1) is 6.20 Å². The Balaban J connectivity index is 2.68. The average molecular weight is 228 g/mol. The molecule has 1 aromatic rings. The first-order chi connectivity index (χ1) is 5.99. The van der Waals surface area contributed by atoms with Gasteiger partial charge in [-0.3, -0.25) is 8.85 Å². The molecule has 1 aromatic heterocycles. The van der Waals surface area contributed by atoms with Crippen molar-refractivity contribution in [1.29, 1.82) is 0 Å². The second-order valence-electron chi connectivity index (χ2n) is 1.75. The molecule has 0 aliphatic carbocycles. The molecule has 1 atom stereocenters. The summed E-state index contributed by atoms with van der Waals surface area (Å²) in [5, 5.41) is 0. The van der Waals surface area contributed by atoms with Crippen LogP contribution in [0.2, 0.25) is 0 Å². The van der Waals surface area contributed by atoms with Crippen molar-refractivity contribution in [2.45, 2.75) is 0 Å². The maximum absolute atomic E-state index is 10.7. The zero-order chi connectivity index (χ0) is 9.90. The lowest BCUT2D eigenvalue weighted by Gasteiger charge is -2.02. The molecule has 8 nitrogen and oxygen atoms in total. The van der Waals surface area contributed by atoms with Crippen molar-refractivity contribution in [3.8, 4) is 0 Å². The van der Waals surface area contributed by atoms with Crippen LogP contribution in [0.15, 0.2) is 18.7 Å². The molecule has 10 heteroatoms. The van der Waals surface area contributed by atoms with Gasteiger partial charge in [-0.15, -0.1) is 0 Å². The molecule has 0 bridgehead atoms. The van der Waals surface area contributed by atoms with E-state index in [0.29, 0.717) is 4.73 Å². The van der Waals surface area contributed by atoms with Gasteiger partial charge in [0.15, 0.2) is 0 Å². The smallest absolute Gasteiger partial charge is 0.326 e. The summed E-state index contributed by atoms with van der Waals surface area (Å²) in [5.41, 5.74) is 0. The molecule has 0 radical (unpaired) electrons. The van der Waals surface area contributed by atoms with Gasteiger partial charge >= 0.3 is 18.7 Å². The fourth-order valence-electron chi connectivity index (χ4n) is 0.499. The van der Waals surface area contributed by atoms with Crippen LogP contribution in [0, 0.1) is 0 Å². The van der Waals surface area contributed by atoms with Crippen LogP contribution in [-0.4, -0.2) is 23.0 Å². The highest BCUT2D eigenvalue weighted by molar-refractivity contribution is 7.85. The second-order valence-corrected chi connectivity index (χ2v) is 3.92. The van der Waals surface area contributed by atoms with E-state index >= 15 is 0 Å². The Morgan fingerprint density at radius 3 is 2.69 bits per heavy atom. The number of aromatic nitrogens is 2. The predicted molar refractivity (Wildman–Crippen MR) is 40.0 cm³/mol. The molecular weight excluding hydrogens is 223 g/mol. The molecule has 0 saturated carbocycles. The monoisotopic (exact) mass is 228 g/mol. The molecule has 1 heterocycles. The van der Waals surface area contributed by atoms with Crippen LogP contribution < -0.4 is 4.28 Å². The van der Waals surface area contributed by atoms with E-state index in [4.69, 9.17) is 4.89 Å². The second kappa shape index (κ2) is 3.88. The first-order valence-corrected chi connectivity index (χ1v) is 5.44. The Labute approximate surface area is 74.0 Å². The van der Waals surface area contributed by atoms with Crippen LogP contribution in [0.25, 0.3) is 0 Å². The maximum Gasteiger partial charge on any atom is 0.475 e. The molecule has 0 amide bonds. The van der Waals surface area contributed by atoms with E-state index in [1.165, 1.54) is 12.4 Å². The summed E-state index contributed by atoms with van der Waals surface area (Å²) in [6.07, 6.45) is 3.47. The average Bonchev–Trinajstić information content (AvgIpc) is 2.34. The van der Waals surface area contributed by atoms with Crippen LogP contribution >= 0.6 is 8.25 Å². The van der Waals surface area contributed by atoms with Crippen LogP contribution in [-0.2, 0) is 18.9 Å². The minimum absolute atomic E-state index is 0.708. The Hall–Kier alpha value is -0.890. The first-order valence-electron chi connectivity index (χ1n) is 2.85. The Morgan fingerprint density at radius 2 is 2.23 bits per heavy atom. The summed E-state index contributed by atoms with van der Waals surface area (Å²) in [4.78, 5) is 11.6. The number of imidazole rings is 1. The summed E-state index contributed by atoms with van der Waals surface area (Å²) >= 11 is 0. The number of hydrogen-bond acceptors (Lipinski definition) is 6. The minimum atomic E-state index is -4.50. The zero-order valence-corrected chi connectivity index (χ0v) is 7.84. The standard InChI is InChI=1S/C3H5N2O6PS/c6-12(7)11-13(8,9)10-5-2-1-4-3-5/h1-3,12H,(H,6,7). The predicted octanol–water partition coefficient (Wildman–Crippen LogP) is -1.04. The van der Waals surface area contributed by atoms with Gasteiger partial charge in [-0.1, -0.05) is 0 Å². The van der Waals surface area contributed by atoms with Crippen molar-refractivity contribution in [1.82, 2.24) is 9.71 Å². The van der Waals surface area contributed by atoms with Crippen LogP contribution in [0.5, 0.6) is 0 Å². The largest absolute Gasteiger partial charge is 0.475 e. The Morgan fingerprint density at radius 1 is 1.54 bits per heavy atom. The van der Waals surface area contributed by atoms with Crippen molar-refractivity contribution in [2.75, 3.05) is 0 Å². The van der Waals surface area contributed by atoms with Gasteiger partial charge in [-0.05, 0) is 0 Å². The van der Waals surface area contributed by atoms with Gasteiger partial charge in [-0.2, -0.15) is 17.1 Å². The number of nitrogens with zero attached hydrogens (tertiary/aromatic N) is 2. The fourth-order valence-corrected chi connectivity index (χ4v) is 1.62. The number of hydrogen-bond donors (Lipinski definition) is 1. The summed E-state index contributed by atoms with van der Waals surface area (Å²) < 4.78 is 39.8. The van der Waals surface area contributed by atoms with Crippen molar-refractivity contribution >= 4 is 18.7 Å². The Bertz CT molecular complexity index is 384. The zero-order valence-electron chi connectivity index (χ0n) is 6.02. The number of rotatable bonds is 4. The van der Waals surface area contributed by atoms with E-state index in [0.717, 1.165) is 6.33 Å². The highest BCUT2D eigenvalue weighted by atomic mass is 32.3. The van der Waals surface area contributed by atoms with Crippen molar-refractivity contribution in [3.05, 3.63) is 18.7 Å². The van der Waals surface area contributed by atoms with E-state index in [-0.39, 0.29) is 0 Å².